The van der Waals surface area contributed by atoms with Gasteiger partial charge in [-0.1, -0.05) is 43.9 Å². The molecule has 1 aliphatic carbocycles. The number of carboxylic acid groups (broad SMARTS) is 1. The third-order valence-corrected chi connectivity index (χ3v) is 6.39. The first-order chi connectivity index (χ1) is 13.2. The summed E-state index contributed by atoms with van der Waals surface area (Å²) in [5.41, 5.74) is 1.21. The number of rotatable bonds is 5. The van der Waals surface area contributed by atoms with Gasteiger partial charge in [0.2, 0.25) is 0 Å². The number of carbonyl (C=O) groups is 1. The van der Waals surface area contributed by atoms with E-state index in [1.54, 1.807) is 18.3 Å². The Morgan fingerprint density at radius 3 is 2.48 bits per heavy atom. The molecule has 0 radical (unpaired) electrons. The van der Waals surface area contributed by atoms with E-state index in [1.165, 1.54) is 64.5 Å². The van der Waals surface area contributed by atoms with E-state index in [-0.39, 0.29) is 5.54 Å². The molecule has 0 unspecified atom stereocenters. The topological polar surface area (TPSA) is 58.4 Å². The van der Waals surface area contributed by atoms with Gasteiger partial charge in [-0.25, -0.2) is 9.78 Å². The molecule has 1 saturated carbocycles. The van der Waals surface area contributed by atoms with Crippen LogP contribution < -0.4 is 0 Å². The molecular weight excluding hydrogens is 338 g/mol. The summed E-state index contributed by atoms with van der Waals surface area (Å²) in [6.07, 6.45) is 14.1. The van der Waals surface area contributed by atoms with Crippen LogP contribution in [-0.2, 0) is 6.54 Å². The number of hydrogen-bond acceptors (Lipinski definition) is 3. The van der Waals surface area contributed by atoms with Gasteiger partial charge in [0, 0.05) is 30.0 Å². The monoisotopic (exact) mass is 367 g/mol. The van der Waals surface area contributed by atoms with Gasteiger partial charge in [0.05, 0.1) is 5.56 Å². The predicted molar refractivity (Wildman–Crippen MR) is 106 cm³/mol. The molecular formula is C22H29N3O2. The minimum Gasteiger partial charge on any atom is -0.478 e. The molecule has 1 aromatic heterocycles. The zero-order valence-corrected chi connectivity index (χ0v) is 15.9. The molecule has 144 valence electrons. The van der Waals surface area contributed by atoms with E-state index in [9.17, 15) is 9.90 Å². The molecule has 1 N–H and O–H groups in total. The van der Waals surface area contributed by atoms with Crippen LogP contribution in [-0.4, -0.2) is 44.2 Å². The fraction of sp³-hybridized carbons (Fsp3) is 0.545. The van der Waals surface area contributed by atoms with Crippen LogP contribution in [0, 0.1) is 0 Å². The lowest BCUT2D eigenvalue weighted by molar-refractivity contribution is 0.0199. The van der Waals surface area contributed by atoms with Crippen LogP contribution in [0.3, 0.4) is 0 Å². The molecule has 2 aromatic rings. The van der Waals surface area contributed by atoms with Gasteiger partial charge in [-0.3, -0.25) is 4.90 Å². The molecule has 4 rings (SSSR count). The summed E-state index contributed by atoms with van der Waals surface area (Å²) >= 11 is 0. The van der Waals surface area contributed by atoms with Gasteiger partial charge in [0.15, 0.2) is 0 Å². The fourth-order valence-corrected chi connectivity index (χ4v) is 5.02. The molecule has 5 heteroatoms. The van der Waals surface area contributed by atoms with Crippen LogP contribution in [0.1, 0.15) is 61.7 Å². The standard InChI is InChI=1S/C22H29N3O2/c26-21(27)19-10-4-3-9-18(19)20-23-13-16-24(20)17-22(11-5-1-6-12-22)25-14-7-2-8-15-25/h3-4,9-10,13,16H,1-2,5-8,11-12,14-15,17H2,(H,26,27). The van der Waals surface area contributed by atoms with Crippen molar-refractivity contribution in [2.45, 2.75) is 63.5 Å². The van der Waals surface area contributed by atoms with E-state index in [4.69, 9.17) is 0 Å². The molecule has 2 fully saturated rings. The number of hydrogen-bond donors (Lipinski definition) is 1. The zero-order chi connectivity index (χ0) is 18.7. The van der Waals surface area contributed by atoms with E-state index in [2.05, 4.69) is 14.5 Å². The summed E-state index contributed by atoms with van der Waals surface area (Å²) in [7, 11) is 0. The third kappa shape index (κ3) is 3.65. The number of nitrogens with zero attached hydrogens (tertiary/aromatic N) is 3. The zero-order valence-electron chi connectivity index (χ0n) is 15.9. The lowest BCUT2D eigenvalue weighted by Gasteiger charge is -2.48. The van der Waals surface area contributed by atoms with Crippen molar-refractivity contribution in [3.8, 4) is 11.4 Å². The molecule has 5 nitrogen and oxygen atoms in total. The van der Waals surface area contributed by atoms with Crippen molar-refractivity contribution in [1.82, 2.24) is 14.5 Å². The van der Waals surface area contributed by atoms with Crippen molar-refractivity contribution in [2.24, 2.45) is 0 Å². The van der Waals surface area contributed by atoms with Gasteiger partial charge in [0.1, 0.15) is 5.82 Å². The maximum atomic E-state index is 11.7. The lowest BCUT2D eigenvalue weighted by Crippen LogP contribution is -2.54. The van der Waals surface area contributed by atoms with Gasteiger partial charge in [-0.2, -0.15) is 0 Å². The first-order valence-corrected chi connectivity index (χ1v) is 10.3. The van der Waals surface area contributed by atoms with Crippen molar-refractivity contribution >= 4 is 5.97 Å². The summed E-state index contributed by atoms with van der Waals surface area (Å²) < 4.78 is 2.20. The number of likely N-dealkylation sites (tertiary alicyclic amines) is 1. The number of aromatic carboxylic acids is 1. The van der Waals surface area contributed by atoms with E-state index in [0.717, 1.165) is 12.4 Å². The molecule has 1 aromatic carbocycles. The van der Waals surface area contributed by atoms with Gasteiger partial charge < -0.3 is 9.67 Å². The smallest absolute Gasteiger partial charge is 0.336 e. The molecule has 0 atom stereocenters. The highest BCUT2D eigenvalue weighted by molar-refractivity contribution is 5.95. The molecule has 0 spiro atoms. The van der Waals surface area contributed by atoms with Crippen molar-refractivity contribution in [1.29, 1.82) is 0 Å². The number of piperidine rings is 1. The number of carboxylic acids is 1. The first-order valence-electron chi connectivity index (χ1n) is 10.3. The predicted octanol–water partition coefficient (Wildman–Crippen LogP) is 4.44. The quantitative estimate of drug-likeness (QED) is 0.849. The molecule has 1 saturated heterocycles. The number of benzene rings is 1. The van der Waals surface area contributed by atoms with E-state index < -0.39 is 5.97 Å². The van der Waals surface area contributed by atoms with Gasteiger partial charge in [-0.05, 0) is 44.8 Å². The molecule has 2 aliphatic rings. The van der Waals surface area contributed by atoms with Crippen molar-refractivity contribution in [2.75, 3.05) is 13.1 Å². The van der Waals surface area contributed by atoms with Crippen molar-refractivity contribution in [3.05, 3.63) is 42.2 Å². The van der Waals surface area contributed by atoms with Crippen LogP contribution in [0.25, 0.3) is 11.4 Å². The second kappa shape index (κ2) is 7.85. The molecule has 2 heterocycles. The van der Waals surface area contributed by atoms with Crippen LogP contribution in [0.2, 0.25) is 0 Å². The second-order valence-corrected chi connectivity index (χ2v) is 8.06. The molecule has 0 bridgehead atoms. The summed E-state index contributed by atoms with van der Waals surface area (Å²) in [6.45, 7) is 3.28. The average molecular weight is 367 g/mol. The maximum Gasteiger partial charge on any atom is 0.336 e. The van der Waals surface area contributed by atoms with Crippen LogP contribution in [0.15, 0.2) is 36.7 Å². The highest BCUT2D eigenvalue weighted by Gasteiger charge is 2.39. The Kier molecular flexibility index (Phi) is 5.30. The van der Waals surface area contributed by atoms with Crippen LogP contribution in [0.5, 0.6) is 0 Å². The number of aromatic nitrogens is 2. The normalized spacial score (nSPS) is 20.4. The van der Waals surface area contributed by atoms with E-state index >= 15 is 0 Å². The minimum atomic E-state index is -0.899. The molecule has 1 aliphatic heterocycles. The largest absolute Gasteiger partial charge is 0.478 e. The second-order valence-electron chi connectivity index (χ2n) is 8.06. The fourth-order valence-electron chi connectivity index (χ4n) is 5.02. The summed E-state index contributed by atoms with van der Waals surface area (Å²) in [6, 6.07) is 7.20. The Morgan fingerprint density at radius 2 is 1.74 bits per heavy atom. The highest BCUT2D eigenvalue weighted by atomic mass is 16.4. The molecule has 0 amide bonds. The van der Waals surface area contributed by atoms with Gasteiger partial charge in [-0.15, -0.1) is 0 Å². The van der Waals surface area contributed by atoms with Crippen molar-refractivity contribution in [3.63, 3.8) is 0 Å². The summed E-state index contributed by atoms with van der Waals surface area (Å²) in [4.78, 5) is 19.0. The summed E-state index contributed by atoms with van der Waals surface area (Å²) in [5.74, 6) is -0.126. The maximum absolute atomic E-state index is 11.7. The van der Waals surface area contributed by atoms with Gasteiger partial charge >= 0.3 is 5.97 Å². The third-order valence-electron chi connectivity index (χ3n) is 6.39. The minimum absolute atomic E-state index is 0.187. The Hall–Kier alpha value is -2.14. The summed E-state index contributed by atoms with van der Waals surface area (Å²) in [5, 5.41) is 9.59. The molecule has 27 heavy (non-hydrogen) atoms. The Bertz CT molecular complexity index is 786. The first kappa shape index (κ1) is 18.2. The van der Waals surface area contributed by atoms with Gasteiger partial charge in [0.25, 0.3) is 0 Å². The van der Waals surface area contributed by atoms with E-state index in [0.29, 0.717) is 11.1 Å². The van der Waals surface area contributed by atoms with Crippen molar-refractivity contribution < 1.29 is 9.90 Å². The Labute approximate surface area is 161 Å². The Balaban J connectivity index is 1.68. The highest BCUT2D eigenvalue weighted by Crippen LogP contribution is 2.38. The number of imidazole rings is 1. The SMILES string of the molecule is O=C(O)c1ccccc1-c1nccn1CC1(N2CCCCC2)CCCCC1. The van der Waals surface area contributed by atoms with E-state index in [1.807, 2.05) is 18.3 Å². The lowest BCUT2D eigenvalue weighted by atomic mass is 9.79. The average Bonchev–Trinajstić information content (AvgIpc) is 3.17. The van der Waals surface area contributed by atoms with Crippen LogP contribution >= 0.6 is 0 Å². The Morgan fingerprint density at radius 1 is 1.04 bits per heavy atom. The van der Waals surface area contributed by atoms with Crippen LogP contribution in [0.4, 0.5) is 0 Å².